The molecule has 2 aliphatic heterocycles. The summed E-state index contributed by atoms with van der Waals surface area (Å²) >= 11 is 0. The summed E-state index contributed by atoms with van der Waals surface area (Å²) in [6.07, 6.45) is 0.145. The highest BCUT2D eigenvalue weighted by Crippen LogP contribution is 2.69. The fourth-order valence-corrected chi connectivity index (χ4v) is 8.93. The van der Waals surface area contributed by atoms with Gasteiger partial charge in [0.15, 0.2) is 6.10 Å². The number of hydrogen-bond donors (Lipinski definition) is 2. The van der Waals surface area contributed by atoms with Gasteiger partial charge in [-0.05, 0) is 36.5 Å². The number of aliphatic hydroxyl groups excluding tert-OH is 1. The monoisotopic (exact) mass is 672 g/mol. The molecule has 0 amide bonds. The number of fused-ring (bicyclic) bond motifs is 2. The van der Waals surface area contributed by atoms with E-state index in [9.17, 15) is 34.2 Å². The Hall–Kier alpha value is -3.97. The lowest BCUT2D eigenvalue weighted by Crippen LogP contribution is -2.71. The van der Waals surface area contributed by atoms with Gasteiger partial charge in [0.25, 0.3) is 6.47 Å². The van der Waals surface area contributed by atoms with Crippen LogP contribution in [-0.4, -0.2) is 82.8 Å². The van der Waals surface area contributed by atoms with Crippen molar-refractivity contribution in [2.75, 3.05) is 6.61 Å². The van der Waals surface area contributed by atoms with E-state index in [4.69, 9.17) is 28.1 Å². The van der Waals surface area contributed by atoms with Crippen LogP contribution in [-0.2, 0) is 47.7 Å². The summed E-state index contributed by atoms with van der Waals surface area (Å²) in [4.78, 5) is 64.4. The van der Waals surface area contributed by atoms with Crippen LogP contribution in [0.25, 0.3) is 0 Å². The summed E-state index contributed by atoms with van der Waals surface area (Å²) in [5, 5.41) is 24.2. The van der Waals surface area contributed by atoms with Crippen molar-refractivity contribution in [2.24, 2.45) is 28.6 Å². The van der Waals surface area contributed by atoms with Crippen LogP contribution in [0, 0.1) is 28.6 Å². The van der Waals surface area contributed by atoms with Gasteiger partial charge < -0.3 is 38.3 Å². The molecule has 48 heavy (non-hydrogen) atoms. The van der Waals surface area contributed by atoms with E-state index in [1.54, 1.807) is 40.7 Å². The van der Waals surface area contributed by atoms with Crippen LogP contribution in [0.5, 0.6) is 0 Å². The van der Waals surface area contributed by atoms with Gasteiger partial charge in [0, 0.05) is 36.2 Å². The Morgan fingerprint density at radius 2 is 1.92 bits per heavy atom. The van der Waals surface area contributed by atoms with E-state index < -0.39 is 94.0 Å². The van der Waals surface area contributed by atoms with E-state index in [0.29, 0.717) is 12.0 Å². The molecule has 3 heterocycles. The molecule has 2 saturated carbocycles. The topological polar surface area (TPSA) is 185 Å². The second kappa shape index (κ2) is 12.5. The van der Waals surface area contributed by atoms with Gasteiger partial charge in [-0.2, -0.15) is 0 Å². The van der Waals surface area contributed by atoms with Crippen LogP contribution < -0.4 is 0 Å². The maximum Gasteiger partial charge on any atom is 0.335 e. The van der Waals surface area contributed by atoms with Crippen LogP contribution in [0.1, 0.15) is 72.3 Å². The number of esters is 4. The molecule has 1 aromatic rings. The van der Waals surface area contributed by atoms with E-state index in [0.717, 1.165) is 0 Å². The molecule has 0 radical (unpaired) electrons. The number of cyclic esters (lactones) is 1. The summed E-state index contributed by atoms with van der Waals surface area (Å²) < 4.78 is 34.4. The van der Waals surface area contributed by atoms with Crippen LogP contribution in [0.4, 0.5) is 0 Å². The zero-order valence-electron chi connectivity index (χ0n) is 28.0. The molecule has 2 aliphatic carbocycles. The first kappa shape index (κ1) is 35.3. The van der Waals surface area contributed by atoms with E-state index >= 15 is 0 Å². The Morgan fingerprint density at radius 1 is 1.21 bits per heavy atom. The third kappa shape index (κ3) is 5.26. The molecule has 1 aromatic heterocycles. The van der Waals surface area contributed by atoms with Gasteiger partial charge in [-0.25, -0.2) is 9.59 Å². The van der Waals surface area contributed by atoms with E-state index in [2.05, 4.69) is 6.58 Å². The van der Waals surface area contributed by atoms with E-state index in [1.807, 2.05) is 0 Å². The molecule has 4 aliphatic rings. The summed E-state index contributed by atoms with van der Waals surface area (Å²) in [6.45, 7) is 13.9. The van der Waals surface area contributed by atoms with Crippen LogP contribution in [0.3, 0.4) is 0 Å². The number of rotatable bonds is 9. The number of ether oxygens (including phenoxy) is 5. The largest absolute Gasteiger partial charge is 0.472 e. The first-order valence-corrected chi connectivity index (χ1v) is 16.2. The van der Waals surface area contributed by atoms with Gasteiger partial charge in [0.2, 0.25) is 0 Å². The van der Waals surface area contributed by atoms with Gasteiger partial charge in [0.1, 0.15) is 36.1 Å². The van der Waals surface area contributed by atoms with Crippen molar-refractivity contribution in [3.63, 3.8) is 0 Å². The smallest absolute Gasteiger partial charge is 0.335 e. The lowest BCUT2D eigenvalue weighted by Gasteiger charge is -2.61. The number of aliphatic hydroxyl groups is 2. The first-order chi connectivity index (χ1) is 22.5. The number of carbonyl (C=O) groups is 5. The minimum Gasteiger partial charge on any atom is -0.472 e. The normalized spacial score (nSPS) is 40.3. The van der Waals surface area contributed by atoms with Crippen molar-refractivity contribution in [1.82, 2.24) is 0 Å². The molecule has 0 spiro atoms. The molecule has 0 bridgehead atoms. The Morgan fingerprint density at radius 3 is 2.52 bits per heavy atom. The third-order valence-corrected chi connectivity index (χ3v) is 11.6. The highest BCUT2D eigenvalue weighted by molar-refractivity contribution is 5.83. The lowest BCUT2D eigenvalue weighted by atomic mass is 9.47. The van der Waals surface area contributed by atoms with Crippen molar-refractivity contribution in [3.8, 4) is 0 Å². The summed E-state index contributed by atoms with van der Waals surface area (Å²) in [6, 6.07) is 1.67. The Kier molecular flexibility index (Phi) is 9.19. The highest BCUT2D eigenvalue weighted by atomic mass is 16.6. The molecule has 12 atom stereocenters. The van der Waals surface area contributed by atoms with Gasteiger partial charge in [-0.1, -0.05) is 46.8 Å². The van der Waals surface area contributed by atoms with Crippen LogP contribution in [0.15, 0.2) is 47.3 Å². The van der Waals surface area contributed by atoms with Crippen molar-refractivity contribution < 1.29 is 62.3 Å². The van der Waals surface area contributed by atoms with E-state index in [-0.39, 0.29) is 31.5 Å². The zero-order valence-corrected chi connectivity index (χ0v) is 28.0. The van der Waals surface area contributed by atoms with Crippen molar-refractivity contribution >= 4 is 30.3 Å². The second-order valence-electron chi connectivity index (χ2n) is 14.2. The number of furan rings is 1. The zero-order chi connectivity index (χ0) is 35.4. The Labute approximate surface area is 278 Å². The molecule has 1 saturated heterocycles. The average molecular weight is 673 g/mol. The molecule has 0 unspecified atom stereocenters. The first-order valence-electron chi connectivity index (χ1n) is 16.2. The predicted octanol–water partition coefficient (Wildman–Crippen LogP) is 2.92. The fraction of sp³-hybridized carbons (Fsp3) is 0.629. The fourth-order valence-electron chi connectivity index (χ4n) is 8.93. The van der Waals surface area contributed by atoms with Gasteiger partial charge >= 0.3 is 23.9 Å². The molecule has 2 N–H and O–H groups in total. The molecule has 13 nitrogen and oxygen atoms in total. The molecule has 3 fully saturated rings. The minimum atomic E-state index is -2.17. The maximum atomic E-state index is 13.7. The minimum absolute atomic E-state index is 0.0231. The van der Waals surface area contributed by atoms with E-state index in [1.165, 1.54) is 31.6 Å². The predicted molar refractivity (Wildman–Crippen MR) is 164 cm³/mol. The summed E-state index contributed by atoms with van der Waals surface area (Å²) in [5.41, 5.74) is -5.87. The molecule has 0 aromatic carbocycles. The number of allylic oxidation sites excluding steroid dienone is 1. The van der Waals surface area contributed by atoms with Crippen LogP contribution in [0.2, 0.25) is 0 Å². The Bertz CT molecular complexity index is 1500. The average Bonchev–Trinajstić information content (AvgIpc) is 3.62. The van der Waals surface area contributed by atoms with Crippen molar-refractivity contribution in [1.29, 1.82) is 0 Å². The van der Waals surface area contributed by atoms with Crippen molar-refractivity contribution in [3.05, 3.63) is 48.5 Å². The molecule has 13 heteroatoms. The third-order valence-electron chi connectivity index (χ3n) is 11.6. The van der Waals surface area contributed by atoms with Crippen LogP contribution >= 0.6 is 0 Å². The van der Waals surface area contributed by atoms with Gasteiger partial charge in [-0.15, -0.1) is 0 Å². The van der Waals surface area contributed by atoms with Crippen molar-refractivity contribution in [2.45, 2.75) is 102 Å². The Balaban J connectivity index is 1.79. The summed E-state index contributed by atoms with van der Waals surface area (Å²) in [5.74, 6) is -6.21. The SMILES string of the molecule is C=C1[C@@H]([C@@]2(C)C=CC(=O)O[C@]3(C)COC(=O)C[C@H]23)[C@@H](OC=O)[C@H](OC(=O)[C@H](O)[C@@H](C)CC)[C@@]2(C)[C@@H](c3ccoc3)C[C@H](OC(C)=O)[C@]12O. The standard InChI is InChI=1S/C35H44O13/c1-8-18(2)28(40)31(41)47-30-29(45-17-36)27(32(5)11-9-25(38)48-33(6)16-44-26(39)14-23(32)33)19(3)35(42)24(46-20(4)37)13-22(34(30,35)7)21-10-12-43-15-21/h9-12,15,17-18,22-24,27-30,40,42H,3,8,13-14,16H2,1-2,4-7H3/t18-,22+,23+,24-,27+,28+,29+,30-,32-,33+,34+,35+/m0/s1. The molecular formula is C35H44O13. The molecule has 262 valence electrons. The lowest BCUT2D eigenvalue weighted by molar-refractivity contribution is -0.243. The maximum absolute atomic E-state index is 13.7. The number of hydrogen-bond acceptors (Lipinski definition) is 13. The quantitative estimate of drug-likeness (QED) is 0.169. The molecular weight excluding hydrogens is 628 g/mol. The van der Waals surface area contributed by atoms with Gasteiger partial charge in [0.05, 0.1) is 24.4 Å². The second-order valence-corrected chi connectivity index (χ2v) is 14.2. The number of carbonyl (C=O) groups excluding carboxylic acids is 5. The van der Waals surface area contributed by atoms with Gasteiger partial charge in [-0.3, -0.25) is 14.4 Å². The summed E-state index contributed by atoms with van der Waals surface area (Å²) in [7, 11) is 0. The highest BCUT2D eigenvalue weighted by Gasteiger charge is 2.77. The molecule has 5 rings (SSSR count).